The first-order chi connectivity index (χ1) is 21.3. The van der Waals surface area contributed by atoms with Crippen LogP contribution in [-0.2, 0) is 20.8 Å². The van der Waals surface area contributed by atoms with Crippen LogP contribution in [0, 0.1) is 17.8 Å². The highest BCUT2D eigenvalue weighted by Gasteiger charge is 2.32. The van der Waals surface area contributed by atoms with E-state index < -0.39 is 23.9 Å². The fraction of sp³-hybridized carbons (Fsp3) is 0.606. The van der Waals surface area contributed by atoms with Crippen molar-refractivity contribution in [3.8, 4) is 0 Å². The monoisotopic (exact) mass is 608 g/mol. The molecule has 1 saturated heterocycles. The maximum absolute atomic E-state index is 13.6. The molecule has 2 fully saturated rings. The van der Waals surface area contributed by atoms with Gasteiger partial charge in [-0.3, -0.25) is 19.2 Å². The number of hydrogen-bond donors (Lipinski definition) is 4. The van der Waals surface area contributed by atoms with Gasteiger partial charge in [0.25, 0.3) is 5.91 Å². The van der Waals surface area contributed by atoms with Crippen molar-refractivity contribution in [3.05, 3.63) is 47.9 Å². The van der Waals surface area contributed by atoms with Crippen LogP contribution in [0.25, 0.3) is 0 Å². The van der Waals surface area contributed by atoms with Crippen LogP contribution in [0.15, 0.2) is 41.1 Å². The van der Waals surface area contributed by atoms with Gasteiger partial charge in [0.15, 0.2) is 0 Å². The number of carbonyl (C=O) groups excluding carboxylic acids is 4. The molecule has 2 heterocycles. The van der Waals surface area contributed by atoms with Crippen LogP contribution in [-0.4, -0.2) is 65.4 Å². The first-order valence-electron chi connectivity index (χ1n) is 16.2. The molecule has 5 N–H and O–H groups in total. The summed E-state index contributed by atoms with van der Waals surface area (Å²) in [5.74, 6) is -0.467. The second-order valence-electron chi connectivity index (χ2n) is 12.4. The highest BCUT2D eigenvalue weighted by Crippen LogP contribution is 2.28. The largest absolute Gasteiger partial charge is 0.351 e. The van der Waals surface area contributed by atoms with Gasteiger partial charge in [-0.1, -0.05) is 69.7 Å². The van der Waals surface area contributed by atoms with Crippen LogP contribution in [0.1, 0.15) is 87.8 Å². The van der Waals surface area contributed by atoms with Gasteiger partial charge in [0.2, 0.25) is 23.5 Å². The lowest BCUT2D eigenvalue weighted by Gasteiger charge is -2.31. The number of carbonyl (C=O) groups is 4. The molecule has 0 unspecified atom stereocenters. The van der Waals surface area contributed by atoms with Crippen LogP contribution in [0.3, 0.4) is 0 Å². The van der Waals surface area contributed by atoms with E-state index in [9.17, 15) is 19.2 Å². The molecule has 0 radical (unpaired) electrons. The van der Waals surface area contributed by atoms with E-state index in [2.05, 4.69) is 21.1 Å². The number of nitrogens with two attached hydrogens (primary N) is 1. The molecule has 1 saturated carbocycles. The molecule has 11 heteroatoms. The lowest BCUT2D eigenvalue weighted by atomic mass is 9.84. The second kappa shape index (κ2) is 16.4. The van der Waals surface area contributed by atoms with Gasteiger partial charge in [0.05, 0.1) is 12.6 Å². The molecule has 240 valence electrons. The Hall–Kier alpha value is -3.73. The van der Waals surface area contributed by atoms with Gasteiger partial charge in [-0.05, 0) is 61.3 Å². The third kappa shape index (κ3) is 9.38. The molecule has 1 aliphatic carbocycles. The lowest BCUT2D eigenvalue weighted by molar-refractivity contribution is -0.131. The summed E-state index contributed by atoms with van der Waals surface area (Å²) in [6.45, 7) is 6.02. The van der Waals surface area contributed by atoms with Crippen LogP contribution in [0.4, 0.5) is 5.69 Å². The van der Waals surface area contributed by atoms with E-state index in [1.165, 1.54) is 18.7 Å². The molecule has 0 spiro atoms. The quantitative estimate of drug-likeness (QED) is 0.270. The number of benzene rings is 1. The van der Waals surface area contributed by atoms with Crippen molar-refractivity contribution in [1.29, 1.82) is 0 Å². The minimum Gasteiger partial charge on any atom is -0.351 e. The summed E-state index contributed by atoms with van der Waals surface area (Å²) < 4.78 is 4.99. The number of amides is 4. The summed E-state index contributed by atoms with van der Waals surface area (Å²) in [5, 5.41) is 12.3. The van der Waals surface area contributed by atoms with Crippen LogP contribution in [0.2, 0.25) is 0 Å². The first kappa shape index (κ1) is 33.2. The number of aromatic nitrogens is 1. The molecule has 2 aliphatic rings. The standard InChI is InChI=1S/C33H48N6O5/c1-3-22(2)30(38-31(41)27(19-23-7-5-4-6-8-23)37-32(42)28-13-16-35-44-28)33(43)36-26-11-9-24(10-12-26)20-29(40)39-17-14-25(21-34)15-18-39/h9-13,16,22-23,25,27,30H,3-8,14-15,17-21,34H2,1-2H3,(H,36,43)(H,37,42)(H,38,41)/t22-,27-,30-/m0/s1. The normalized spacial score (nSPS) is 18.2. The van der Waals surface area contributed by atoms with Gasteiger partial charge in [-0.25, -0.2) is 0 Å². The van der Waals surface area contributed by atoms with Crippen molar-refractivity contribution in [2.45, 2.75) is 90.1 Å². The van der Waals surface area contributed by atoms with Gasteiger partial charge in [0.1, 0.15) is 12.1 Å². The molecule has 1 aliphatic heterocycles. The summed E-state index contributed by atoms with van der Waals surface area (Å²) >= 11 is 0. The smallest absolute Gasteiger partial charge is 0.290 e. The first-order valence-corrected chi connectivity index (χ1v) is 16.2. The highest BCUT2D eigenvalue weighted by molar-refractivity contribution is 5.99. The average Bonchev–Trinajstić information content (AvgIpc) is 3.60. The number of nitrogens with one attached hydrogen (secondary N) is 3. The van der Waals surface area contributed by atoms with Gasteiger partial charge in [-0.2, -0.15) is 0 Å². The van der Waals surface area contributed by atoms with E-state index >= 15 is 0 Å². The molecule has 3 atom stereocenters. The molecule has 2 aromatic rings. The number of piperidine rings is 1. The average molecular weight is 609 g/mol. The summed E-state index contributed by atoms with van der Waals surface area (Å²) in [6, 6.07) is 7.08. The Kier molecular flexibility index (Phi) is 12.3. The Bertz CT molecular complexity index is 1220. The number of anilines is 1. The van der Waals surface area contributed by atoms with E-state index in [1.54, 1.807) is 12.1 Å². The Labute approximate surface area is 260 Å². The van der Waals surface area contributed by atoms with Crippen molar-refractivity contribution >= 4 is 29.3 Å². The molecular weight excluding hydrogens is 560 g/mol. The molecule has 0 bridgehead atoms. The van der Waals surface area contributed by atoms with Crippen LogP contribution < -0.4 is 21.7 Å². The zero-order chi connectivity index (χ0) is 31.5. The van der Waals surface area contributed by atoms with E-state index in [4.69, 9.17) is 10.3 Å². The Morgan fingerprint density at radius 2 is 1.66 bits per heavy atom. The topological polar surface area (TPSA) is 160 Å². The zero-order valence-electron chi connectivity index (χ0n) is 26.1. The SMILES string of the molecule is CC[C@H](C)[C@H](NC(=O)[C@H](CC1CCCCC1)NC(=O)c1ccno1)C(=O)Nc1ccc(CC(=O)N2CCC(CN)CC2)cc1. The molecule has 11 nitrogen and oxygen atoms in total. The number of hydrogen-bond acceptors (Lipinski definition) is 7. The number of nitrogens with zero attached hydrogens (tertiary/aromatic N) is 2. The molecule has 44 heavy (non-hydrogen) atoms. The molecular formula is C33H48N6O5. The van der Waals surface area contributed by atoms with E-state index in [-0.39, 0.29) is 23.5 Å². The van der Waals surface area contributed by atoms with E-state index in [0.717, 1.165) is 57.2 Å². The van der Waals surface area contributed by atoms with Crippen molar-refractivity contribution in [3.63, 3.8) is 0 Å². The van der Waals surface area contributed by atoms with Crippen molar-refractivity contribution in [1.82, 2.24) is 20.7 Å². The van der Waals surface area contributed by atoms with Gasteiger partial charge in [0, 0.05) is 24.8 Å². The summed E-state index contributed by atoms with van der Waals surface area (Å²) in [5.41, 5.74) is 7.22. The van der Waals surface area contributed by atoms with E-state index in [1.807, 2.05) is 30.9 Å². The summed E-state index contributed by atoms with van der Waals surface area (Å²) in [7, 11) is 0. The van der Waals surface area contributed by atoms with Crippen molar-refractivity contribution in [2.75, 3.05) is 25.0 Å². The summed E-state index contributed by atoms with van der Waals surface area (Å²) in [4.78, 5) is 54.6. The van der Waals surface area contributed by atoms with E-state index in [0.29, 0.717) is 43.3 Å². The fourth-order valence-electron chi connectivity index (χ4n) is 6.14. The zero-order valence-corrected chi connectivity index (χ0v) is 26.1. The Morgan fingerprint density at radius 1 is 0.955 bits per heavy atom. The Morgan fingerprint density at radius 3 is 2.27 bits per heavy atom. The maximum atomic E-state index is 13.6. The molecule has 4 amide bonds. The predicted octanol–water partition coefficient (Wildman–Crippen LogP) is 3.65. The number of rotatable bonds is 13. The summed E-state index contributed by atoms with van der Waals surface area (Å²) in [6.07, 6.45) is 10.1. The van der Waals surface area contributed by atoms with Crippen LogP contribution in [0.5, 0.6) is 0 Å². The third-order valence-corrected chi connectivity index (χ3v) is 9.25. The third-order valence-electron chi connectivity index (χ3n) is 9.25. The minimum atomic E-state index is -0.812. The lowest BCUT2D eigenvalue weighted by Crippen LogP contribution is -2.55. The predicted molar refractivity (Wildman–Crippen MR) is 167 cm³/mol. The highest BCUT2D eigenvalue weighted by atomic mass is 16.5. The molecule has 1 aromatic heterocycles. The van der Waals surface area contributed by atoms with Gasteiger partial charge >= 0.3 is 0 Å². The van der Waals surface area contributed by atoms with Gasteiger partial charge < -0.3 is 31.1 Å². The molecule has 4 rings (SSSR count). The minimum absolute atomic E-state index is 0.0315. The maximum Gasteiger partial charge on any atom is 0.290 e. The second-order valence-corrected chi connectivity index (χ2v) is 12.4. The van der Waals surface area contributed by atoms with Gasteiger partial charge in [-0.15, -0.1) is 0 Å². The fourth-order valence-corrected chi connectivity index (χ4v) is 6.14. The molecule has 1 aromatic carbocycles. The van der Waals surface area contributed by atoms with Crippen LogP contribution >= 0.6 is 0 Å². The Balaban J connectivity index is 1.37. The van der Waals surface area contributed by atoms with Crippen molar-refractivity contribution < 1.29 is 23.7 Å². The number of likely N-dealkylation sites (tertiary alicyclic amines) is 1. The van der Waals surface area contributed by atoms with Crippen molar-refractivity contribution in [2.24, 2.45) is 23.5 Å².